The summed E-state index contributed by atoms with van der Waals surface area (Å²) >= 11 is 0. The number of rotatable bonds is 5. The van der Waals surface area contributed by atoms with Gasteiger partial charge in [0.25, 0.3) is 0 Å². The van der Waals surface area contributed by atoms with Gasteiger partial charge in [-0.2, -0.15) is 0 Å². The lowest BCUT2D eigenvalue weighted by Crippen LogP contribution is -2.31. The van der Waals surface area contributed by atoms with E-state index in [-0.39, 0.29) is 13.1 Å². The molecular formula is C6H14N2O3. The molecule has 0 radical (unpaired) electrons. The second kappa shape index (κ2) is 5.03. The monoisotopic (exact) mass is 162 g/mol. The third-order valence-corrected chi connectivity index (χ3v) is 1.07. The standard InChI is InChI=1S/C6H14N2O3/c1-5(9)3-8(7-11)4-6(2)10/h5-6,9-10H,3-4H2,1-2H3/t5-,6+. The van der Waals surface area contributed by atoms with Crippen LogP contribution >= 0.6 is 0 Å². The average Bonchev–Trinajstić information content (AvgIpc) is 1.84. The predicted octanol–water partition coefficient (Wildman–Crippen LogP) is -0.269. The van der Waals surface area contributed by atoms with Crippen molar-refractivity contribution >= 4 is 0 Å². The molecule has 0 saturated carbocycles. The van der Waals surface area contributed by atoms with E-state index in [1.807, 2.05) is 0 Å². The highest BCUT2D eigenvalue weighted by Gasteiger charge is 2.08. The fourth-order valence-corrected chi connectivity index (χ4v) is 0.751. The molecule has 0 aliphatic rings. The van der Waals surface area contributed by atoms with Crippen molar-refractivity contribution in [2.45, 2.75) is 26.1 Å². The van der Waals surface area contributed by atoms with Crippen LogP contribution in [0.3, 0.4) is 0 Å². The average molecular weight is 162 g/mol. The van der Waals surface area contributed by atoms with Gasteiger partial charge in [0.15, 0.2) is 0 Å². The van der Waals surface area contributed by atoms with Crippen molar-refractivity contribution in [1.29, 1.82) is 0 Å². The Balaban J connectivity index is 3.67. The quantitative estimate of drug-likeness (QED) is 0.431. The highest BCUT2D eigenvalue weighted by molar-refractivity contribution is 4.59. The number of aliphatic hydroxyl groups excluding tert-OH is 2. The minimum Gasteiger partial charge on any atom is -0.392 e. The SMILES string of the molecule is C[C@H](O)CN(C[C@@H](C)O)N=O. The molecule has 0 spiro atoms. The number of nitrogens with zero attached hydrogens (tertiary/aromatic N) is 2. The summed E-state index contributed by atoms with van der Waals surface area (Å²) in [6.07, 6.45) is -1.21. The molecule has 0 aliphatic carbocycles. The molecule has 0 aromatic rings. The molecule has 0 aromatic heterocycles. The lowest BCUT2D eigenvalue weighted by Gasteiger charge is -2.17. The van der Waals surface area contributed by atoms with Crippen LogP contribution in [0, 0.1) is 4.91 Å². The van der Waals surface area contributed by atoms with E-state index in [1.54, 1.807) is 13.8 Å². The summed E-state index contributed by atoms with van der Waals surface area (Å²) in [6, 6.07) is 0. The van der Waals surface area contributed by atoms with Crippen molar-refractivity contribution < 1.29 is 10.2 Å². The first-order chi connectivity index (χ1) is 5.06. The Bertz CT molecular complexity index is 106. The van der Waals surface area contributed by atoms with E-state index < -0.39 is 12.2 Å². The van der Waals surface area contributed by atoms with Crippen LogP contribution in [-0.2, 0) is 0 Å². The summed E-state index contributed by atoms with van der Waals surface area (Å²) in [5, 5.41) is 21.4. The molecule has 2 N–H and O–H groups in total. The molecule has 5 heteroatoms. The lowest BCUT2D eigenvalue weighted by atomic mass is 10.3. The van der Waals surface area contributed by atoms with Crippen LogP contribution in [0.5, 0.6) is 0 Å². The smallest absolute Gasteiger partial charge is 0.0705 e. The van der Waals surface area contributed by atoms with Crippen molar-refractivity contribution in [3.05, 3.63) is 4.91 Å². The highest BCUT2D eigenvalue weighted by atomic mass is 16.3. The van der Waals surface area contributed by atoms with Crippen LogP contribution in [0.1, 0.15) is 13.8 Å². The third kappa shape index (κ3) is 5.75. The summed E-state index contributed by atoms with van der Waals surface area (Å²) in [6.45, 7) is 3.43. The van der Waals surface area contributed by atoms with Crippen LogP contribution in [0.2, 0.25) is 0 Å². The number of hydrogen-bond acceptors (Lipinski definition) is 4. The molecular weight excluding hydrogens is 148 g/mol. The molecule has 0 aliphatic heterocycles. The molecule has 66 valence electrons. The molecule has 0 rings (SSSR count). The van der Waals surface area contributed by atoms with Crippen molar-refractivity contribution in [1.82, 2.24) is 5.01 Å². The van der Waals surface area contributed by atoms with E-state index in [0.29, 0.717) is 0 Å². The topological polar surface area (TPSA) is 73.1 Å². The molecule has 11 heavy (non-hydrogen) atoms. The molecule has 0 amide bonds. The number of hydrogen-bond donors (Lipinski definition) is 2. The first-order valence-corrected chi connectivity index (χ1v) is 3.50. The molecule has 0 saturated heterocycles. The maximum Gasteiger partial charge on any atom is 0.0705 e. The Labute approximate surface area is 65.6 Å². The van der Waals surface area contributed by atoms with Crippen LogP contribution in [-0.4, -0.2) is 40.5 Å². The Morgan fingerprint density at radius 3 is 1.82 bits per heavy atom. The van der Waals surface area contributed by atoms with Gasteiger partial charge in [0.1, 0.15) is 0 Å². The molecule has 0 fully saturated rings. The van der Waals surface area contributed by atoms with E-state index in [0.717, 1.165) is 5.01 Å². The van der Waals surface area contributed by atoms with Crippen LogP contribution in [0.25, 0.3) is 0 Å². The Morgan fingerprint density at radius 2 is 1.64 bits per heavy atom. The number of nitroso groups, excluding NO2 is 1. The van der Waals surface area contributed by atoms with Crippen molar-refractivity contribution in [3.63, 3.8) is 0 Å². The molecule has 0 unspecified atom stereocenters. The minimum absolute atomic E-state index is 0.161. The maximum absolute atomic E-state index is 10.0. The van der Waals surface area contributed by atoms with E-state index in [2.05, 4.69) is 5.29 Å². The zero-order valence-electron chi connectivity index (χ0n) is 6.77. The van der Waals surface area contributed by atoms with Gasteiger partial charge in [0.05, 0.1) is 30.6 Å². The second-order valence-corrected chi connectivity index (χ2v) is 2.65. The van der Waals surface area contributed by atoms with Crippen molar-refractivity contribution in [3.8, 4) is 0 Å². The van der Waals surface area contributed by atoms with E-state index >= 15 is 0 Å². The van der Waals surface area contributed by atoms with Gasteiger partial charge in [-0.1, -0.05) is 0 Å². The van der Waals surface area contributed by atoms with Gasteiger partial charge in [-0.3, -0.25) is 5.01 Å². The maximum atomic E-state index is 10.0. The molecule has 2 atom stereocenters. The van der Waals surface area contributed by atoms with Gasteiger partial charge >= 0.3 is 0 Å². The zero-order chi connectivity index (χ0) is 8.85. The minimum atomic E-state index is -0.605. The van der Waals surface area contributed by atoms with Crippen molar-refractivity contribution in [2.24, 2.45) is 5.29 Å². The van der Waals surface area contributed by atoms with E-state index in [1.165, 1.54) is 0 Å². The lowest BCUT2D eigenvalue weighted by molar-refractivity contribution is 0.0846. The van der Waals surface area contributed by atoms with E-state index in [4.69, 9.17) is 10.2 Å². The first kappa shape index (κ1) is 10.3. The largest absolute Gasteiger partial charge is 0.392 e. The third-order valence-electron chi connectivity index (χ3n) is 1.07. The molecule has 5 nitrogen and oxygen atoms in total. The van der Waals surface area contributed by atoms with Gasteiger partial charge in [-0.15, -0.1) is 4.91 Å². The zero-order valence-corrected chi connectivity index (χ0v) is 6.77. The molecule has 0 bridgehead atoms. The fourth-order valence-electron chi connectivity index (χ4n) is 0.751. The second-order valence-electron chi connectivity index (χ2n) is 2.65. The fraction of sp³-hybridized carbons (Fsp3) is 1.00. The summed E-state index contributed by atoms with van der Waals surface area (Å²) in [4.78, 5) is 10.0. The first-order valence-electron chi connectivity index (χ1n) is 3.50. The summed E-state index contributed by atoms with van der Waals surface area (Å²) in [5.74, 6) is 0. The molecule has 0 heterocycles. The summed E-state index contributed by atoms with van der Waals surface area (Å²) in [5.41, 5.74) is 0. The van der Waals surface area contributed by atoms with Gasteiger partial charge in [-0.05, 0) is 13.8 Å². The van der Waals surface area contributed by atoms with Crippen LogP contribution in [0.4, 0.5) is 0 Å². The Hall–Kier alpha value is -0.680. The van der Waals surface area contributed by atoms with Gasteiger partial charge in [0.2, 0.25) is 0 Å². The summed E-state index contributed by atoms with van der Waals surface area (Å²) < 4.78 is 0. The van der Waals surface area contributed by atoms with Crippen LogP contribution < -0.4 is 0 Å². The van der Waals surface area contributed by atoms with Crippen LogP contribution in [0.15, 0.2) is 5.29 Å². The molecule has 0 aromatic carbocycles. The number of aliphatic hydroxyl groups is 2. The Morgan fingerprint density at radius 1 is 1.27 bits per heavy atom. The van der Waals surface area contributed by atoms with Gasteiger partial charge in [0, 0.05) is 0 Å². The van der Waals surface area contributed by atoms with Gasteiger partial charge < -0.3 is 10.2 Å². The normalized spacial score (nSPS) is 15.6. The Kier molecular flexibility index (Phi) is 4.72. The van der Waals surface area contributed by atoms with E-state index in [9.17, 15) is 4.91 Å². The van der Waals surface area contributed by atoms with Crippen molar-refractivity contribution in [2.75, 3.05) is 13.1 Å². The predicted molar refractivity (Wildman–Crippen MR) is 40.7 cm³/mol. The van der Waals surface area contributed by atoms with Gasteiger partial charge in [-0.25, -0.2) is 0 Å². The highest BCUT2D eigenvalue weighted by Crippen LogP contribution is 1.94. The summed E-state index contributed by atoms with van der Waals surface area (Å²) in [7, 11) is 0.